The van der Waals surface area contributed by atoms with Crippen LogP contribution in [0.4, 0.5) is 0 Å². The highest BCUT2D eigenvalue weighted by molar-refractivity contribution is 7.07. The fourth-order valence-electron chi connectivity index (χ4n) is 1.16. The molecule has 0 unspecified atom stereocenters. The van der Waals surface area contributed by atoms with E-state index in [0.29, 0.717) is 0 Å². The van der Waals surface area contributed by atoms with Crippen molar-refractivity contribution in [3.63, 3.8) is 0 Å². The van der Waals surface area contributed by atoms with Gasteiger partial charge in [0, 0.05) is 19.3 Å². The molecule has 4 heteroatoms. The molecule has 0 saturated heterocycles. The first-order valence-corrected chi connectivity index (χ1v) is 5.38. The molecule has 0 aromatic carbocycles. The number of rotatable bonds is 4. The molecular formula is C10H11N3S. The van der Waals surface area contributed by atoms with Gasteiger partial charge in [-0.25, -0.2) is 0 Å². The first kappa shape index (κ1) is 9.30. The summed E-state index contributed by atoms with van der Waals surface area (Å²) in [5.74, 6) is 0. The van der Waals surface area contributed by atoms with Crippen LogP contribution < -0.4 is 5.32 Å². The van der Waals surface area contributed by atoms with Gasteiger partial charge >= 0.3 is 0 Å². The standard InChI is InChI=1S/C10H11N3S/c1-2-10(13-12-4-1)7-11-6-9-3-5-14-8-9/h1-5,8,11H,6-7H2. The Morgan fingerprint density at radius 3 is 3.00 bits per heavy atom. The van der Waals surface area contributed by atoms with Gasteiger partial charge in [0.15, 0.2) is 0 Å². The van der Waals surface area contributed by atoms with Crippen LogP contribution in [0.3, 0.4) is 0 Å². The Kier molecular flexibility index (Phi) is 3.21. The lowest BCUT2D eigenvalue weighted by Gasteiger charge is -2.01. The summed E-state index contributed by atoms with van der Waals surface area (Å²) in [5, 5.41) is 15.3. The van der Waals surface area contributed by atoms with Crippen molar-refractivity contribution in [3.8, 4) is 0 Å². The zero-order chi connectivity index (χ0) is 9.64. The minimum Gasteiger partial charge on any atom is -0.307 e. The lowest BCUT2D eigenvalue weighted by atomic mass is 10.3. The smallest absolute Gasteiger partial charge is 0.0769 e. The Balaban J connectivity index is 1.79. The van der Waals surface area contributed by atoms with Crippen molar-refractivity contribution in [1.29, 1.82) is 0 Å². The van der Waals surface area contributed by atoms with E-state index in [1.165, 1.54) is 5.56 Å². The van der Waals surface area contributed by atoms with E-state index < -0.39 is 0 Å². The van der Waals surface area contributed by atoms with Gasteiger partial charge < -0.3 is 5.32 Å². The zero-order valence-corrected chi connectivity index (χ0v) is 8.50. The van der Waals surface area contributed by atoms with Crippen molar-refractivity contribution in [1.82, 2.24) is 15.5 Å². The summed E-state index contributed by atoms with van der Waals surface area (Å²) in [6.45, 7) is 1.66. The molecule has 0 atom stereocenters. The Labute approximate surface area is 86.8 Å². The second-order valence-electron chi connectivity index (χ2n) is 2.95. The molecule has 3 nitrogen and oxygen atoms in total. The molecule has 2 aromatic rings. The lowest BCUT2D eigenvalue weighted by Crippen LogP contribution is -2.13. The fraction of sp³-hybridized carbons (Fsp3) is 0.200. The summed E-state index contributed by atoms with van der Waals surface area (Å²) < 4.78 is 0. The van der Waals surface area contributed by atoms with Gasteiger partial charge in [0.05, 0.1) is 5.69 Å². The molecule has 2 rings (SSSR count). The van der Waals surface area contributed by atoms with Crippen LogP contribution in [0, 0.1) is 0 Å². The summed E-state index contributed by atoms with van der Waals surface area (Å²) in [4.78, 5) is 0. The largest absolute Gasteiger partial charge is 0.307 e. The molecule has 0 aliphatic heterocycles. The van der Waals surface area contributed by atoms with E-state index in [9.17, 15) is 0 Å². The van der Waals surface area contributed by atoms with Crippen LogP contribution in [-0.4, -0.2) is 10.2 Å². The normalized spacial score (nSPS) is 10.3. The van der Waals surface area contributed by atoms with Crippen LogP contribution in [0.5, 0.6) is 0 Å². The number of hydrogen-bond acceptors (Lipinski definition) is 4. The third-order valence-electron chi connectivity index (χ3n) is 1.84. The van der Waals surface area contributed by atoms with E-state index in [1.807, 2.05) is 12.1 Å². The van der Waals surface area contributed by atoms with Crippen LogP contribution in [0.1, 0.15) is 11.3 Å². The molecule has 0 bridgehead atoms. The average Bonchev–Trinajstić information content (AvgIpc) is 2.72. The SMILES string of the molecule is c1cnnc(CNCc2ccsc2)c1. The first-order valence-electron chi connectivity index (χ1n) is 4.43. The van der Waals surface area contributed by atoms with Gasteiger partial charge in [-0.2, -0.15) is 21.5 Å². The predicted octanol–water partition coefficient (Wildman–Crippen LogP) is 1.83. The quantitative estimate of drug-likeness (QED) is 0.827. The van der Waals surface area contributed by atoms with Gasteiger partial charge in [0.2, 0.25) is 0 Å². The topological polar surface area (TPSA) is 37.8 Å². The molecule has 0 saturated carbocycles. The molecular weight excluding hydrogens is 194 g/mol. The minimum atomic E-state index is 0.768. The lowest BCUT2D eigenvalue weighted by molar-refractivity contribution is 0.671. The highest BCUT2D eigenvalue weighted by Gasteiger charge is 1.94. The molecule has 1 N–H and O–H groups in total. The minimum absolute atomic E-state index is 0.768. The van der Waals surface area contributed by atoms with E-state index in [2.05, 4.69) is 32.3 Å². The highest BCUT2D eigenvalue weighted by Crippen LogP contribution is 2.05. The average molecular weight is 205 g/mol. The maximum absolute atomic E-state index is 3.99. The van der Waals surface area contributed by atoms with E-state index in [1.54, 1.807) is 17.5 Å². The third kappa shape index (κ3) is 2.61. The van der Waals surface area contributed by atoms with Crippen molar-refractivity contribution in [2.75, 3.05) is 0 Å². The fourth-order valence-corrected chi connectivity index (χ4v) is 1.82. The second-order valence-corrected chi connectivity index (χ2v) is 3.73. The Morgan fingerprint density at radius 1 is 1.29 bits per heavy atom. The molecule has 72 valence electrons. The van der Waals surface area contributed by atoms with E-state index >= 15 is 0 Å². The van der Waals surface area contributed by atoms with E-state index in [4.69, 9.17) is 0 Å². The van der Waals surface area contributed by atoms with E-state index in [-0.39, 0.29) is 0 Å². The number of thiophene rings is 1. The molecule has 0 amide bonds. The van der Waals surface area contributed by atoms with Crippen LogP contribution in [0.25, 0.3) is 0 Å². The van der Waals surface area contributed by atoms with Gasteiger partial charge in [0.25, 0.3) is 0 Å². The van der Waals surface area contributed by atoms with Crippen LogP contribution in [0.2, 0.25) is 0 Å². The summed E-state index contributed by atoms with van der Waals surface area (Å²) in [6.07, 6.45) is 1.68. The zero-order valence-electron chi connectivity index (χ0n) is 7.68. The molecule has 0 spiro atoms. The summed E-state index contributed by atoms with van der Waals surface area (Å²) in [7, 11) is 0. The van der Waals surface area contributed by atoms with Gasteiger partial charge in [-0.3, -0.25) is 0 Å². The van der Waals surface area contributed by atoms with Crippen molar-refractivity contribution in [2.45, 2.75) is 13.1 Å². The third-order valence-corrected chi connectivity index (χ3v) is 2.57. The van der Waals surface area contributed by atoms with Gasteiger partial charge in [0.1, 0.15) is 0 Å². The maximum Gasteiger partial charge on any atom is 0.0769 e. The second kappa shape index (κ2) is 4.83. The molecule has 2 heterocycles. The molecule has 0 aliphatic carbocycles. The Bertz CT molecular complexity index is 358. The molecule has 2 aromatic heterocycles. The monoisotopic (exact) mass is 205 g/mol. The molecule has 0 aliphatic rings. The van der Waals surface area contributed by atoms with Crippen molar-refractivity contribution in [3.05, 3.63) is 46.4 Å². The van der Waals surface area contributed by atoms with Crippen molar-refractivity contribution < 1.29 is 0 Å². The summed E-state index contributed by atoms with van der Waals surface area (Å²) in [5.41, 5.74) is 2.29. The van der Waals surface area contributed by atoms with Gasteiger partial charge in [-0.05, 0) is 34.5 Å². The molecule has 0 radical (unpaired) electrons. The maximum atomic E-state index is 3.99. The summed E-state index contributed by atoms with van der Waals surface area (Å²) in [6, 6.07) is 5.98. The Morgan fingerprint density at radius 2 is 2.29 bits per heavy atom. The van der Waals surface area contributed by atoms with Crippen LogP contribution in [-0.2, 0) is 13.1 Å². The van der Waals surface area contributed by atoms with Gasteiger partial charge in [-0.15, -0.1) is 0 Å². The molecule has 14 heavy (non-hydrogen) atoms. The first-order chi connectivity index (χ1) is 6.95. The van der Waals surface area contributed by atoms with Crippen molar-refractivity contribution in [2.24, 2.45) is 0 Å². The number of nitrogens with zero attached hydrogens (tertiary/aromatic N) is 2. The number of nitrogens with one attached hydrogen (secondary N) is 1. The molecule has 0 fully saturated rings. The van der Waals surface area contributed by atoms with Gasteiger partial charge in [-0.1, -0.05) is 0 Å². The highest BCUT2D eigenvalue weighted by atomic mass is 32.1. The number of hydrogen-bond donors (Lipinski definition) is 1. The Hall–Kier alpha value is -1.26. The predicted molar refractivity (Wildman–Crippen MR) is 56.9 cm³/mol. The van der Waals surface area contributed by atoms with Crippen molar-refractivity contribution >= 4 is 11.3 Å². The number of aromatic nitrogens is 2. The van der Waals surface area contributed by atoms with Crippen LogP contribution in [0.15, 0.2) is 35.2 Å². The van der Waals surface area contributed by atoms with Crippen LogP contribution >= 0.6 is 11.3 Å². The summed E-state index contributed by atoms with van der Waals surface area (Å²) >= 11 is 1.72. The van der Waals surface area contributed by atoms with E-state index in [0.717, 1.165) is 18.8 Å².